The molecule has 0 nitrogen and oxygen atoms in total. The maximum absolute atomic E-state index is 2.34. The molecule has 0 N–H and O–H groups in total. The Balaban J connectivity index is 2.66. The Labute approximate surface area is 102 Å². The van der Waals surface area contributed by atoms with Crippen molar-refractivity contribution in [1.29, 1.82) is 0 Å². The van der Waals surface area contributed by atoms with Crippen LogP contribution in [0.2, 0.25) is 0 Å². The summed E-state index contributed by atoms with van der Waals surface area (Å²) in [5, 5.41) is 2.95. The van der Waals surface area contributed by atoms with Gasteiger partial charge in [0.15, 0.2) is 0 Å². The van der Waals surface area contributed by atoms with E-state index in [1.807, 2.05) is 11.3 Å². The first-order chi connectivity index (χ1) is 7.65. The first kappa shape index (κ1) is 11.7. The molecule has 0 fully saturated rings. The zero-order valence-electron chi connectivity index (χ0n) is 10.6. The summed E-state index contributed by atoms with van der Waals surface area (Å²) in [4.78, 5) is 3.12. The van der Waals surface area contributed by atoms with E-state index >= 15 is 0 Å². The second kappa shape index (κ2) is 4.58. The van der Waals surface area contributed by atoms with Crippen LogP contribution in [0.15, 0.2) is 24.3 Å². The Kier molecular flexibility index (Phi) is 3.34. The molecule has 0 aliphatic rings. The van der Waals surface area contributed by atoms with Crippen molar-refractivity contribution in [1.82, 2.24) is 0 Å². The van der Waals surface area contributed by atoms with E-state index in [4.69, 9.17) is 0 Å². The maximum Gasteiger partial charge on any atom is 0.0155 e. The molecule has 1 atom stereocenters. The van der Waals surface area contributed by atoms with Gasteiger partial charge in [0.2, 0.25) is 0 Å². The Morgan fingerprint density at radius 2 is 1.56 bits per heavy atom. The normalized spacial score (nSPS) is 13.6. The van der Waals surface area contributed by atoms with Crippen molar-refractivity contribution in [3.05, 3.63) is 34.0 Å². The predicted molar refractivity (Wildman–Crippen MR) is 74.6 cm³/mol. The molecule has 0 radical (unpaired) electrons. The van der Waals surface area contributed by atoms with Crippen LogP contribution in [-0.2, 0) is 0 Å². The van der Waals surface area contributed by atoms with Gasteiger partial charge in [0.25, 0.3) is 0 Å². The summed E-state index contributed by atoms with van der Waals surface area (Å²) in [6.45, 7) is 9.19. The van der Waals surface area contributed by atoms with E-state index in [0.29, 0.717) is 11.8 Å². The van der Waals surface area contributed by atoms with Crippen molar-refractivity contribution in [3.8, 4) is 0 Å². The van der Waals surface area contributed by atoms with E-state index in [1.54, 1.807) is 9.75 Å². The van der Waals surface area contributed by atoms with Crippen LogP contribution in [0.25, 0.3) is 10.8 Å². The first-order valence-electron chi connectivity index (χ1n) is 6.16. The highest BCUT2D eigenvalue weighted by Crippen LogP contribution is 2.40. The van der Waals surface area contributed by atoms with E-state index < -0.39 is 0 Å². The Morgan fingerprint density at radius 1 is 1.00 bits per heavy atom. The van der Waals surface area contributed by atoms with Crippen LogP contribution in [0.4, 0.5) is 0 Å². The van der Waals surface area contributed by atoms with Crippen molar-refractivity contribution >= 4 is 22.1 Å². The van der Waals surface area contributed by atoms with Crippen LogP contribution in [0.3, 0.4) is 0 Å². The molecule has 1 aromatic carbocycles. The highest BCUT2D eigenvalue weighted by molar-refractivity contribution is 7.14. The number of fused-ring (bicyclic) bond motifs is 1. The molecule has 0 amide bonds. The highest BCUT2D eigenvalue weighted by atomic mass is 32.1. The quantitative estimate of drug-likeness (QED) is 0.652. The second-order valence-corrected chi connectivity index (χ2v) is 5.92. The third-order valence-corrected chi connectivity index (χ3v) is 5.02. The van der Waals surface area contributed by atoms with Crippen molar-refractivity contribution in [3.63, 3.8) is 0 Å². The number of rotatable bonds is 3. The summed E-state index contributed by atoms with van der Waals surface area (Å²) in [5.74, 6) is 1.31. The fourth-order valence-electron chi connectivity index (χ4n) is 2.12. The average molecular weight is 232 g/mol. The van der Waals surface area contributed by atoms with Crippen molar-refractivity contribution in [2.45, 2.75) is 46.0 Å². The van der Waals surface area contributed by atoms with Crippen molar-refractivity contribution in [2.24, 2.45) is 0 Å². The molecule has 2 aromatic rings. The molecule has 0 saturated carbocycles. The summed E-state index contributed by atoms with van der Waals surface area (Å²) in [7, 11) is 0. The fourth-order valence-corrected chi connectivity index (χ4v) is 3.54. The standard InChI is InChI=1S/C15H20S/c1-5-11(4)15-13-9-7-6-8-12(13)14(16-15)10(2)3/h6-11H,5H2,1-4H3. The summed E-state index contributed by atoms with van der Waals surface area (Å²) in [5.41, 5.74) is 0. The minimum atomic E-state index is 0.632. The predicted octanol–water partition coefficient (Wildman–Crippen LogP) is 5.54. The van der Waals surface area contributed by atoms with E-state index in [9.17, 15) is 0 Å². The molecule has 1 heterocycles. The van der Waals surface area contributed by atoms with Gasteiger partial charge in [0.1, 0.15) is 0 Å². The van der Waals surface area contributed by atoms with Crippen LogP contribution < -0.4 is 0 Å². The third kappa shape index (κ3) is 1.89. The minimum Gasteiger partial charge on any atom is -0.144 e. The number of benzene rings is 1. The van der Waals surface area contributed by atoms with E-state index in [-0.39, 0.29) is 0 Å². The fraction of sp³-hybridized carbons (Fsp3) is 0.467. The SMILES string of the molecule is CCC(C)c1sc(C(C)C)c2ccccc12. The monoisotopic (exact) mass is 232 g/mol. The second-order valence-electron chi connectivity index (χ2n) is 4.84. The van der Waals surface area contributed by atoms with E-state index in [0.717, 1.165) is 0 Å². The lowest BCUT2D eigenvalue weighted by Gasteiger charge is -2.05. The van der Waals surface area contributed by atoms with Crippen LogP contribution in [-0.4, -0.2) is 0 Å². The molecule has 2 rings (SSSR count). The smallest absolute Gasteiger partial charge is 0.0155 e. The van der Waals surface area contributed by atoms with Crippen LogP contribution in [0, 0.1) is 0 Å². The van der Waals surface area contributed by atoms with Gasteiger partial charge in [0, 0.05) is 9.75 Å². The lowest BCUT2D eigenvalue weighted by molar-refractivity contribution is 0.753. The van der Waals surface area contributed by atoms with Gasteiger partial charge in [-0.25, -0.2) is 0 Å². The lowest BCUT2D eigenvalue weighted by atomic mass is 10.0. The van der Waals surface area contributed by atoms with Gasteiger partial charge in [-0.3, -0.25) is 0 Å². The molecule has 0 saturated heterocycles. The maximum atomic E-state index is 2.34. The summed E-state index contributed by atoms with van der Waals surface area (Å²) < 4.78 is 0. The van der Waals surface area contributed by atoms with Crippen molar-refractivity contribution in [2.75, 3.05) is 0 Å². The minimum absolute atomic E-state index is 0.632. The topological polar surface area (TPSA) is 0 Å². The highest BCUT2D eigenvalue weighted by Gasteiger charge is 2.16. The van der Waals surface area contributed by atoms with Gasteiger partial charge < -0.3 is 0 Å². The summed E-state index contributed by atoms with van der Waals surface area (Å²) in [6.07, 6.45) is 1.22. The lowest BCUT2D eigenvalue weighted by Crippen LogP contribution is -1.86. The van der Waals surface area contributed by atoms with Gasteiger partial charge in [-0.15, -0.1) is 11.3 Å². The molecule has 0 spiro atoms. The Morgan fingerprint density at radius 3 is 2.06 bits per heavy atom. The van der Waals surface area contributed by atoms with E-state index in [1.165, 1.54) is 17.2 Å². The molecule has 1 aromatic heterocycles. The molecule has 0 bridgehead atoms. The first-order valence-corrected chi connectivity index (χ1v) is 6.98. The van der Waals surface area contributed by atoms with E-state index in [2.05, 4.69) is 52.0 Å². The zero-order valence-corrected chi connectivity index (χ0v) is 11.4. The van der Waals surface area contributed by atoms with Gasteiger partial charge in [-0.05, 0) is 29.0 Å². The molecular formula is C15H20S. The zero-order chi connectivity index (χ0) is 11.7. The summed E-state index contributed by atoms with van der Waals surface area (Å²) in [6, 6.07) is 8.86. The third-order valence-electron chi connectivity index (χ3n) is 3.26. The Bertz CT molecular complexity index is 479. The van der Waals surface area contributed by atoms with Gasteiger partial charge in [-0.1, -0.05) is 52.0 Å². The molecule has 1 unspecified atom stereocenters. The van der Waals surface area contributed by atoms with Gasteiger partial charge in [0.05, 0.1) is 0 Å². The van der Waals surface area contributed by atoms with Gasteiger partial charge >= 0.3 is 0 Å². The number of hydrogen-bond acceptors (Lipinski definition) is 1. The molecule has 0 aliphatic heterocycles. The molecule has 86 valence electrons. The van der Waals surface area contributed by atoms with Crippen molar-refractivity contribution < 1.29 is 0 Å². The average Bonchev–Trinajstić information content (AvgIpc) is 2.67. The Hall–Kier alpha value is -0.820. The van der Waals surface area contributed by atoms with Gasteiger partial charge in [-0.2, -0.15) is 0 Å². The van der Waals surface area contributed by atoms with Crippen LogP contribution >= 0.6 is 11.3 Å². The number of thiophene rings is 1. The van der Waals surface area contributed by atoms with Crippen LogP contribution in [0.1, 0.15) is 55.7 Å². The molecule has 1 heteroatoms. The molecule has 0 aliphatic carbocycles. The van der Waals surface area contributed by atoms with Crippen LogP contribution in [0.5, 0.6) is 0 Å². The number of hydrogen-bond donors (Lipinski definition) is 0. The molecule has 16 heavy (non-hydrogen) atoms. The summed E-state index contributed by atoms with van der Waals surface area (Å²) >= 11 is 2.01. The molecular weight excluding hydrogens is 212 g/mol. The largest absolute Gasteiger partial charge is 0.144 e.